The van der Waals surface area contributed by atoms with E-state index in [0.29, 0.717) is 12.2 Å². The molecule has 1 saturated heterocycles. The largest absolute Gasteiger partial charge is 0.504 e. The summed E-state index contributed by atoms with van der Waals surface area (Å²) in [7, 11) is 0. The number of nitrogens with zero attached hydrogens (tertiary/aromatic N) is 2. The number of piperidine rings is 1. The summed E-state index contributed by atoms with van der Waals surface area (Å²) in [4.78, 5) is 2.38. The lowest BCUT2D eigenvalue weighted by Crippen LogP contribution is -2.74. The highest BCUT2D eigenvalue weighted by Gasteiger charge is 2.72. The number of phenolic OH excluding ortho intramolecular Hbond substituents is 1. The molecule has 27 heavy (non-hydrogen) atoms. The minimum absolute atomic E-state index is 0.0138. The molecule has 4 atom stereocenters. The predicted octanol–water partition coefficient (Wildman–Crippen LogP) is 1.98. The molecule has 2 aliphatic carbocycles. The van der Waals surface area contributed by atoms with Crippen molar-refractivity contribution in [3.8, 4) is 11.5 Å². The molecule has 140 valence electrons. The van der Waals surface area contributed by atoms with E-state index in [9.17, 15) is 10.2 Å². The number of hydrogen-bond donors (Lipinski definition) is 3. The first-order valence-corrected chi connectivity index (χ1v) is 9.60. The number of nitrogens with one attached hydrogen (secondary N) is 1. The predicted molar refractivity (Wildman–Crippen MR) is 98.9 cm³/mol. The number of benzene rings is 1. The number of H-pyrrole nitrogens is 1. The first kappa shape index (κ1) is 15.7. The molecule has 0 radical (unpaired) electrons. The summed E-state index contributed by atoms with van der Waals surface area (Å²) in [5.74, 6) is 0.703. The Kier molecular flexibility index (Phi) is 2.76. The van der Waals surface area contributed by atoms with Crippen LogP contribution in [0.3, 0.4) is 0 Å². The molecule has 2 aromatic rings. The molecule has 2 bridgehead atoms. The summed E-state index contributed by atoms with van der Waals surface area (Å²) < 4.78 is 6.36. The standard InChI is InChI=1S/C21H23N3O3/c1-11(2)10-24-6-5-20-16-12-3-4-14(25)18(16)27-19(20)17-13(9-22-23-17)8-21(20,26)15(24)7-12/h3-4,9,15,19,25-26H,1,5-8,10H2,2H3,(H,22,23)/t15-,19+,20+,21-/m1/s1. The number of fused-ring (bicyclic) bond motifs is 2. The van der Waals surface area contributed by atoms with Crippen LogP contribution < -0.4 is 4.74 Å². The Morgan fingerprint density at radius 2 is 2.30 bits per heavy atom. The van der Waals surface area contributed by atoms with E-state index in [2.05, 4.69) is 21.7 Å². The fraction of sp³-hybridized carbons (Fsp3) is 0.476. The minimum atomic E-state index is -0.964. The summed E-state index contributed by atoms with van der Waals surface area (Å²) in [6, 6.07) is 3.71. The Hall–Kier alpha value is -2.31. The van der Waals surface area contributed by atoms with Gasteiger partial charge in [-0.25, -0.2) is 0 Å². The van der Waals surface area contributed by atoms with Gasteiger partial charge in [0.1, 0.15) is 0 Å². The number of likely N-dealkylation sites (tertiary alicyclic amines) is 1. The number of aromatic nitrogens is 2. The third-order valence-electron chi connectivity index (χ3n) is 7.27. The van der Waals surface area contributed by atoms with Crippen LogP contribution in [0.2, 0.25) is 0 Å². The van der Waals surface area contributed by atoms with E-state index in [0.717, 1.165) is 48.3 Å². The SMILES string of the molecule is C=C(C)CN1CC[C@]23c4c5ccc(O)c4O[C@H]2c2[nH]ncc2C[C@@]3(O)[C@H]1C5. The number of ether oxygens (including phenoxy) is 1. The Bertz CT molecular complexity index is 999. The van der Waals surface area contributed by atoms with Gasteiger partial charge in [-0.3, -0.25) is 10.00 Å². The quantitative estimate of drug-likeness (QED) is 0.709. The maximum absolute atomic E-state index is 12.3. The fourth-order valence-electron chi connectivity index (χ4n) is 6.33. The first-order chi connectivity index (χ1) is 13.0. The number of aliphatic hydroxyl groups is 1. The summed E-state index contributed by atoms with van der Waals surface area (Å²) in [5, 5.41) is 30.1. The number of aromatic amines is 1. The Labute approximate surface area is 157 Å². The third-order valence-corrected chi connectivity index (χ3v) is 7.27. The van der Waals surface area contributed by atoms with Crippen LogP contribution in [0.15, 0.2) is 30.5 Å². The van der Waals surface area contributed by atoms with Crippen LogP contribution >= 0.6 is 0 Å². The minimum Gasteiger partial charge on any atom is -0.504 e. The lowest BCUT2D eigenvalue weighted by Gasteiger charge is -2.62. The molecule has 0 amide bonds. The van der Waals surface area contributed by atoms with Gasteiger partial charge in [-0.15, -0.1) is 0 Å². The highest BCUT2D eigenvalue weighted by Crippen LogP contribution is 2.68. The Morgan fingerprint density at radius 3 is 3.11 bits per heavy atom. The Balaban J connectivity index is 1.65. The summed E-state index contributed by atoms with van der Waals surface area (Å²) in [6.45, 7) is 7.79. The topological polar surface area (TPSA) is 81.6 Å². The normalized spacial score (nSPS) is 35.3. The van der Waals surface area contributed by atoms with E-state index >= 15 is 0 Å². The molecule has 1 aromatic heterocycles. The van der Waals surface area contributed by atoms with Crippen molar-refractivity contribution in [3.63, 3.8) is 0 Å². The second-order valence-electron chi connectivity index (χ2n) is 8.72. The average molecular weight is 365 g/mol. The van der Waals surface area contributed by atoms with Crippen LogP contribution in [0.5, 0.6) is 11.5 Å². The number of aromatic hydroxyl groups is 1. The van der Waals surface area contributed by atoms with Gasteiger partial charge in [0.25, 0.3) is 0 Å². The lowest BCUT2D eigenvalue weighted by atomic mass is 9.49. The van der Waals surface area contributed by atoms with Crippen LogP contribution in [-0.2, 0) is 18.3 Å². The van der Waals surface area contributed by atoms with Crippen molar-refractivity contribution in [3.05, 3.63) is 52.9 Å². The molecule has 3 N–H and O–H groups in total. The average Bonchev–Trinajstić information content (AvgIpc) is 3.19. The van der Waals surface area contributed by atoms with E-state index in [1.54, 1.807) is 12.3 Å². The summed E-state index contributed by atoms with van der Waals surface area (Å²) in [5.41, 5.74) is 3.73. The maximum Gasteiger partial charge on any atom is 0.166 e. The fourth-order valence-corrected chi connectivity index (χ4v) is 6.33. The second kappa shape index (κ2) is 4.75. The molecule has 1 fully saturated rings. The van der Waals surface area contributed by atoms with E-state index in [1.807, 2.05) is 13.0 Å². The van der Waals surface area contributed by atoms with Crippen molar-refractivity contribution in [2.24, 2.45) is 0 Å². The second-order valence-corrected chi connectivity index (χ2v) is 8.72. The van der Waals surface area contributed by atoms with Crippen molar-refractivity contribution in [2.45, 2.75) is 49.3 Å². The first-order valence-electron chi connectivity index (χ1n) is 9.60. The zero-order valence-corrected chi connectivity index (χ0v) is 15.3. The van der Waals surface area contributed by atoms with Crippen molar-refractivity contribution < 1.29 is 14.9 Å². The van der Waals surface area contributed by atoms with Gasteiger partial charge in [0.05, 0.1) is 22.9 Å². The molecule has 6 heteroatoms. The van der Waals surface area contributed by atoms with Gasteiger partial charge in [-0.2, -0.15) is 5.10 Å². The van der Waals surface area contributed by atoms with Gasteiger partial charge in [0, 0.05) is 31.1 Å². The van der Waals surface area contributed by atoms with Crippen molar-refractivity contribution in [1.29, 1.82) is 0 Å². The molecule has 6 nitrogen and oxygen atoms in total. The van der Waals surface area contributed by atoms with Crippen LogP contribution in [-0.4, -0.2) is 50.0 Å². The van der Waals surface area contributed by atoms with Crippen molar-refractivity contribution >= 4 is 0 Å². The lowest BCUT2D eigenvalue weighted by molar-refractivity contribution is -0.171. The number of hydrogen-bond acceptors (Lipinski definition) is 5. The molecule has 4 aliphatic rings. The van der Waals surface area contributed by atoms with Crippen molar-refractivity contribution in [2.75, 3.05) is 13.1 Å². The molecule has 1 spiro atoms. The molecular formula is C21H23N3O3. The van der Waals surface area contributed by atoms with Gasteiger partial charge < -0.3 is 14.9 Å². The number of phenols is 1. The zero-order valence-electron chi connectivity index (χ0n) is 15.3. The highest BCUT2D eigenvalue weighted by molar-refractivity contribution is 5.64. The number of rotatable bonds is 2. The van der Waals surface area contributed by atoms with Gasteiger partial charge in [0.15, 0.2) is 17.6 Å². The van der Waals surface area contributed by atoms with Crippen LogP contribution in [0.4, 0.5) is 0 Å². The molecule has 3 heterocycles. The van der Waals surface area contributed by atoms with E-state index in [1.165, 1.54) is 5.56 Å². The van der Waals surface area contributed by atoms with Crippen LogP contribution in [0, 0.1) is 0 Å². The van der Waals surface area contributed by atoms with Gasteiger partial charge >= 0.3 is 0 Å². The molecule has 6 rings (SSSR count). The van der Waals surface area contributed by atoms with E-state index < -0.39 is 11.0 Å². The zero-order chi connectivity index (χ0) is 18.6. The maximum atomic E-state index is 12.3. The van der Waals surface area contributed by atoms with Crippen LogP contribution in [0.1, 0.15) is 41.8 Å². The van der Waals surface area contributed by atoms with Crippen molar-refractivity contribution in [1.82, 2.24) is 15.1 Å². The third kappa shape index (κ3) is 1.63. The van der Waals surface area contributed by atoms with Crippen LogP contribution in [0.25, 0.3) is 0 Å². The summed E-state index contributed by atoms with van der Waals surface area (Å²) >= 11 is 0. The molecule has 0 unspecified atom stereocenters. The Morgan fingerprint density at radius 1 is 1.44 bits per heavy atom. The van der Waals surface area contributed by atoms with Gasteiger partial charge in [-0.05, 0) is 37.0 Å². The van der Waals surface area contributed by atoms with E-state index in [4.69, 9.17) is 4.74 Å². The van der Waals surface area contributed by atoms with Gasteiger partial charge in [-0.1, -0.05) is 18.2 Å². The summed E-state index contributed by atoms with van der Waals surface area (Å²) in [6.07, 6.45) is 3.54. The molecule has 1 aromatic carbocycles. The molecular weight excluding hydrogens is 342 g/mol. The van der Waals surface area contributed by atoms with Gasteiger partial charge in [0.2, 0.25) is 0 Å². The highest BCUT2D eigenvalue weighted by atomic mass is 16.5. The molecule has 0 saturated carbocycles. The molecule has 2 aliphatic heterocycles. The smallest absolute Gasteiger partial charge is 0.166 e. The van der Waals surface area contributed by atoms with E-state index in [-0.39, 0.29) is 17.9 Å². The monoisotopic (exact) mass is 365 g/mol.